The highest BCUT2D eigenvalue weighted by Gasteiger charge is 2.42. The summed E-state index contributed by atoms with van der Waals surface area (Å²) in [5.74, 6) is 1.09. The fourth-order valence-electron chi connectivity index (χ4n) is 11.6. The highest BCUT2D eigenvalue weighted by molar-refractivity contribution is 5.88. The monoisotopic (exact) mass is 1120 g/mol. The highest BCUT2D eigenvalue weighted by atomic mass is 19.4. The van der Waals surface area contributed by atoms with Crippen molar-refractivity contribution in [3.63, 3.8) is 0 Å². The molecular weight excluding hydrogens is 1030 g/mol. The molecule has 4 aromatic carbocycles. The Hall–Kier alpha value is -6.84. The summed E-state index contributed by atoms with van der Waals surface area (Å²) in [6.07, 6.45) is 8.42. The smallest absolute Gasteiger partial charge is 0.365 e. The normalized spacial score (nSPS) is 20.4. The zero-order valence-electron chi connectivity index (χ0n) is 47.0. The molecule has 5 unspecified atom stereocenters. The second-order valence-electron chi connectivity index (χ2n) is 20.6. The standard InChI is InChI=1S/2C20H19F3N2O.C20H32N2O2.2C2H6.3H2/c1-2-19(26)24-17-11-15-7-3-4-9-18(15)25(13-17)12-14-6-5-8-16(10-14)20(21,22)23;1-2-19(26)24-17-11-15-5-3-4-6-18(15)25(13-17)12-14-7-9-16(10-8-14)20(21,22)23;1-2-19(23)21-13-15-12-17-10-6-7-11-18(17)22(14-15)20(24)16-8-4-3-5-9-16;2*1-2;;;/h2*2-10,17H,1,11-13H2,(H,24,26);2,15-18H,1,3-14H2,(H,21,23);2*1-2H3;3*1H. The summed E-state index contributed by atoms with van der Waals surface area (Å²) in [4.78, 5) is 54.2. The maximum atomic E-state index is 13.2. The largest absolute Gasteiger partial charge is 0.416 e. The predicted octanol–water partition coefficient (Wildman–Crippen LogP) is 13.9. The zero-order valence-corrected chi connectivity index (χ0v) is 47.0. The van der Waals surface area contributed by atoms with Crippen LogP contribution in [0.5, 0.6) is 0 Å². The Morgan fingerprint density at radius 2 is 1.07 bits per heavy atom. The van der Waals surface area contributed by atoms with Crippen molar-refractivity contribution in [1.82, 2.24) is 20.9 Å². The van der Waals surface area contributed by atoms with Crippen molar-refractivity contribution < 1.29 is 49.8 Å². The number of fused-ring (bicyclic) bond motifs is 3. The van der Waals surface area contributed by atoms with Crippen LogP contribution in [0.2, 0.25) is 0 Å². The van der Waals surface area contributed by atoms with Gasteiger partial charge < -0.3 is 30.7 Å². The van der Waals surface area contributed by atoms with Crippen LogP contribution in [0.3, 0.4) is 0 Å². The van der Waals surface area contributed by atoms with Gasteiger partial charge in [-0.05, 0) is 134 Å². The number of piperidine rings is 1. The van der Waals surface area contributed by atoms with Gasteiger partial charge in [-0.1, -0.05) is 140 Å². The third kappa shape index (κ3) is 18.6. The van der Waals surface area contributed by atoms with Crippen LogP contribution >= 0.6 is 0 Å². The number of alkyl halides is 6. The molecule has 3 N–H and O–H groups in total. The highest BCUT2D eigenvalue weighted by Crippen LogP contribution is 2.40. The summed E-state index contributed by atoms with van der Waals surface area (Å²) < 4.78 is 77.0. The maximum Gasteiger partial charge on any atom is 0.416 e. The molecule has 5 atom stereocenters. The van der Waals surface area contributed by atoms with E-state index >= 15 is 0 Å². The van der Waals surface area contributed by atoms with Gasteiger partial charge in [-0.25, -0.2) is 0 Å². The minimum absolute atomic E-state index is 0. The average Bonchev–Trinajstić information content (AvgIpc) is 3.59. The van der Waals surface area contributed by atoms with E-state index in [9.17, 15) is 45.5 Å². The second kappa shape index (κ2) is 31.2. The molecule has 10 nitrogen and oxygen atoms in total. The van der Waals surface area contributed by atoms with Gasteiger partial charge in [0.15, 0.2) is 0 Å². The number of hydrogen-bond acceptors (Lipinski definition) is 6. The number of rotatable bonds is 12. The van der Waals surface area contributed by atoms with Crippen molar-refractivity contribution in [2.75, 3.05) is 36.0 Å². The Labute approximate surface area is 474 Å². The van der Waals surface area contributed by atoms with E-state index < -0.39 is 23.5 Å². The predicted molar refractivity (Wildman–Crippen MR) is 314 cm³/mol. The van der Waals surface area contributed by atoms with Crippen LogP contribution in [0.1, 0.15) is 130 Å². The molecule has 0 bridgehead atoms. The van der Waals surface area contributed by atoms with Crippen LogP contribution in [0.4, 0.5) is 37.7 Å². The van der Waals surface area contributed by atoms with Crippen LogP contribution < -0.4 is 25.8 Å². The first-order valence-corrected chi connectivity index (χ1v) is 28.5. The number of halogens is 6. The van der Waals surface area contributed by atoms with Crippen molar-refractivity contribution in [3.05, 3.63) is 168 Å². The number of nitrogens with one attached hydrogen (secondary N) is 3. The molecule has 80 heavy (non-hydrogen) atoms. The first-order chi connectivity index (χ1) is 38.4. The third-order valence-electron chi connectivity index (χ3n) is 15.2. The number of carbonyl (C=O) groups is 4. The third-order valence-corrected chi connectivity index (χ3v) is 15.2. The van der Waals surface area contributed by atoms with Crippen molar-refractivity contribution in [1.29, 1.82) is 0 Å². The number of amides is 4. The van der Waals surface area contributed by atoms with E-state index in [2.05, 4.69) is 45.5 Å². The molecule has 3 fully saturated rings. The maximum absolute atomic E-state index is 13.2. The molecule has 0 aromatic heterocycles. The summed E-state index contributed by atoms with van der Waals surface area (Å²) in [6.45, 7) is 21.8. The summed E-state index contributed by atoms with van der Waals surface area (Å²) in [6, 6.07) is 26.4. The Morgan fingerprint density at radius 1 is 0.575 bits per heavy atom. The van der Waals surface area contributed by atoms with Crippen LogP contribution in [-0.4, -0.2) is 72.8 Å². The molecule has 1 saturated heterocycles. The van der Waals surface area contributed by atoms with Gasteiger partial charge in [0.05, 0.1) is 23.2 Å². The van der Waals surface area contributed by atoms with Gasteiger partial charge in [0.1, 0.15) is 0 Å². The van der Waals surface area contributed by atoms with Crippen molar-refractivity contribution in [3.8, 4) is 0 Å². The van der Waals surface area contributed by atoms with Gasteiger partial charge in [0, 0.05) is 66.9 Å². The quantitative estimate of drug-likeness (QED) is 0.0962. The van der Waals surface area contributed by atoms with Crippen LogP contribution in [0.15, 0.2) is 135 Å². The van der Waals surface area contributed by atoms with Crippen molar-refractivity contribution in [2.24, 2.45) is 17.8 Å². The van der Waals surface area contributed by atoms with E-state index in [4.69, 9.17) is 0 Å². The van der Waals surface area contributed by atoms with E-state index in [1.807, 2.05) is 81.1 Å². The summed E-state index contributed by atoms with van der Waals surface area (Å²) >= 11 is 0. The van der Waals surface area contributed by atoms with Gasteiger partial charge in [-0.3, -0.25) is 19.2 Å². The minimum Gasteiger partial charge on any atom is -0.365 e. The molecule has 4 aromatic rings. The molecule has 0 spiro atoms. The summed E-state index contributed by atoms with van der Waals surface area (Å²) in [5, 5.41) is 8.73. The number of para-hydroxylation sites is 2. The molecule has 16 heteroatoms. The average molecular weight is 1120 g/mol. The van der Waals surface area contributed by atoms with Gasteiger partial charge in [-0.2, -0.15) is 26.3 Å². The molecule has 2 aliphatic carbocycles. The number of carbonyl (C=O) groups excluding carboxylic acids is 4. The lowest BCUT2D eigenvalue weighted by molar-refractivity contribution is -0.145. The number of benzene rings is 4. The van der Waals surface area contributed by atoms with Gasteiger partial charge in [0.2, 0.25) is 23.6 Å². The first-order valence-electron chi connectivity index (χ1n) is 28.5. The second-order valence-corrected chi connectivity index (χ2v) is 20.6. The Balaban J connectivity index is 0.000000405. The fraction of sp³-hybridized carbons (Fsp3) is 0.469. The molecular formula is C64H88F6N6O4. The molecule has 3 heterocycles. The Kier molecular flexibility index (Phi) is 25.0. The van der Waals surface area contributed by atoms with Gasteiger partial charge >= 0.3 is 12.4 Å². The Morgan fingerprint density at radius 3 is 1.60 bits per heavy atom. The van der Waals surface area contributed by atoms with Crippen LogP contribution in [0.25, 0.3) is 0 Å². The van der Waals surface area contributed by atoms with Crippen molar-refractivity contribution >= 4 is 35.0 Å². The van der Waals surface area contributed by atoms with Crippen LogP contribution in [0, 0.1) is 17.8 Å². The molecule has 4 amide bonds. The lowest BCUT2D eigenvalue weighted by Gasteiger charge is -2.48. The lowest BCUT2D eigenvalue weighted by atomic mass is 9.74. The molecule has 2 saturated carbocycles. The molecule has 9 rings (SSSR count). The Bertz CT molecular complexity index is 2670. The molecule has 0 radical (unpaired) electrons. The van der Waals surface area contributed by atoms with E-state index in [0.29, 0.717) is 74.9 Å². The molecule has 440 valence electrons. The summed E-state index contributed by atoms with van der Waals surface area (Å²) in [7, 11) is 0. The van der Waals surface area contributed by atoms with Gasteiger partial charge in [0.25, 0.3) is 0 Å². The fourth-order valence-corrected chi connectivity index (χ4v) is 11.6. The van der Waals surface area contributed by atoms with Crippen molar-refractivity contribution in [2.45, 2.75) is 148 Å². The topological polar surface area (TPSA) is 114 Å². The van der Waals surface area contributed by atoms with E-state index in [1.165, 1.54) is 87.4 Å². The van der Waals surface area contributed by atoms with E-state index in [-0.39, 0.29) is 40.0 Å². The molecule has 3 aliphatic heterocycles. The minimum atomic E-state index is -4.36. The SMILES string of the molecule is C=CC(=O)NC1Cc2ccccc2N(Cc2ccc(C(F)(F)F)cc2)C1.C=CC(=O)NC1Cc2ccccc2N(Cc2cccc(C(F)(F)F)c2)C1.C=CC(=O)NCC1CC2CCCCC2N(C(=O)C2CCCCC2)C1.CC.CC.[HH].[HH].[HH]. The number of anilines is 2. The van der Waals surface area contributed by atoms with E-state index in [0.717, 1.165) is 72.1 Å². The summed E-state index contributed by atoms with van der Waals surface area (Å²) in [5.41, 5.74) is 4.22. The zero-order chi connectivity index (χ0) is 58.4. The number of hydrogen-bond donors (Lipinski definition) is 3. The first kappa shape index (κ1) is 64.0. The number of nitrogens with zero attached hydrogens (tertiary/aromatic N) is 3. The molecule has 5 aliphatic rings. The van der Waals surface area contributed by atoms with E-state index in [1.54, 1.807) is 6.07 Å². The number of likely N-dealkylation sites (tertiary alicyclic amines) is 1. The van der Waals surface area contributed by atoms with Gasteiger partial charge in [-0.15, -0.1) is 0 Å². The lowest BCUT2D eigenvalue weighted by Crippen LogP contribution is -2.55. The van der Waals surface area contributed by atoms with Crippen LogP contribution in [-0.2, 0) is 57.5 Å².